The number of hydrogen-bond donors (Lipinski definition) is 1. The minimum absolute atomic E-state index is 0.315. The molecule has 1 saturated heterocycles. The first-order valence-corrected chi connectivity index (χ1v) is 7.04. The van der Waals surface area contributed by atoms with Gasteiger partial charge >= 0.3 is 5.97 Å². The molecule has 0 amide bonds. The molecule has 1 aliphatic heterocycles. The molecule has 20 heavy (non-hydrogen) atoms. The van der Waals surface area contributed by atoms with Crippen LogP contribution in [-0.4, -0.2) is 44.7 Å². The monoisotopic (exact) mass is 273 g/mol. The third-order valence-corrected chi connectivity index (χ3v) is 4.15. The summed E-state index contributed by atoms with van der Waals surface area (Å²) in [5.74, 6) is 0.315. The van der Waals surface area contributed by atoms with Crippen molar-refractivity contribution in [2.45, 2.75) is 25.3 Å². The average Bonchev–Trinajstić information content (AvgIpc) is 3.02. The topological polar surface area (TPSA) is 58.4 Å². The predicted molar refractivity (Wildman–Crippen MR) is 76.6 cm³/mol. The summed E-state index contributed by atoms with van der Waals surface area (Å²) in [4.78, 5) is 17.9. The Kier molecular flexibility index (Phi) is 3.44. The van der Waals surface area contributed by atoms with E-state index in [9.17, 15) is 9.90 Å². The quantitative estimate of drug-likeness (QED) is 0.920. The molecule has 2 heterocycles. The molecule has 1 unspecified atom stereocenters. The highest BCUT2D eigenvalue weighted by Gasteiger charge is 2.30. The number of aliphatic carboxylic acids is 1. The normalized spacial score (nSPS) is 19.8. The molecule has 1 N–H and O–H groups in total. The van der Waals surface area contributed by atoms with Crippen LogP contribution >= 0.6 is 0 Å². The van der Waals surface area contributed by atoms with Crippen LogP contribution in [0.15, 0.2) is 24.3 Å². The molecule has 5 heteroatoms. The van der Waals surface area contributed by atoms with Crippen molar-refractivity contribution in [3.05, 3.63) is 30.1 Å². The maximum absolute atomic E-state index is 11.2. The number of likely N-dealkylation sites (tertiary alicyclic amines) is 1. The summed E-state index contributed by atoms with van der Waals surface area (Å²) in [6.45, 7) is 1.63. The van der Waals surface area contributed by atoms with Crippen LogP contribution in [0.25, 0.3) is 11.0 Å². The number of aromatic nitrogens is 2. The molecule has 5 nitrogen and oxygen atoms in total. The lowest BCUT2D eigenvalue weighted by atomic mass is 10.2. The Morgan fingerprint density at radius 1 is 1.45 bits per heavy atom. The molecular weight excluding hydrogens is 254 g/mol. The summed E-state index contributed by atoms with van der Waals surface area (Å²) >= 11 is 0. The van der Waals surface area contributed by atoms with E-state index in [0.29, 0.717) is 0 Å². The first-order chi connectivity index (χ1) is 9.66. The molecule has 0 radical (unpaired) electrons. The summed E-state index contributed by atoms with van der Waals surface area (Å²) in [6, 6.07) is 7.75. The van der Waals surface area contributed by atoms with Crippen LogP contribution in [0, 0.1) is 0 Å². The number of nitrogens with zero attached hydrogens (tertiary/aromatic N) is 3. The number of rotatable bonds is 4. The molecule has 0 bridgehead atoms. The number of carboxylic acids is 1. The van der Waals surface area contributed by atoms with Crippen molar-refractivity contribution >= 4 is 17.0 Å². The average molecular weight is 273 g/mol. The van der Waals surface area contributed by atoms with Crippen LogP contribution < -0.4 is 0 Å². The molecule has 0 saturated carbocycles. The van der Waals surface area contributed by atoms with E-state index in [1.54, 1.807) is 0 Å². The molecule has 1 aromatic carbocycles. The third kappa shape index (κ3) is 2.29. The fourth-order valence-electron chi connectivity index (χ4n) is 3.04. The molecule has 3 rings (SSSR count). The molecule has 1 aliphatic rings. The second kappa shape index (κ2) is 5.25. The van der Waals surface area contributed by atoms with E-state index in [-0.39, 0.29) is 6.04 Å². The van der Waals surface area contributed by atoms with Crippen LogP contribution in [0.5, 0.6) is 0 Å². The van der Waals surface area contributed by atoms with E-state index in [0.717, 1.165) is 49.2 Å². The molecule has 0 aliphatic carbocycles. The molecular formula is C15H19N3O2. The first kappa shape index (κ1) is 13.1. The Morgan fingerprint density at radius 3 is 3.00 bits per heavy atom. The Morgan fingerprint density at radius 2 is 2.25 bits per heavy atom. The number of aryl methyl sites for hydroxylation is 1. The van der Waals surface area contributed by atoms with Gasteiger partial charge in [0.1, 0.15) is 11.9 Å². The molecule has 1 aromatic heterocycles. The third-order valence-electron chi connectivity index (χ3n) is 4.15. The van der Waals surface area contributed by atoms with Gasteiger partial charge in [0.25, 0.3) is 0 Å². The van der Waals surface area contributed by atoms with E-state index in [2.05, 4.69) is 20.5 Å². The SMILES string of the molecule is Cn1c(CCN2CCCC2C(=O)O)nc2ccccc21. The number of carbonyl (C=O) groups is 1. The van der Waals surface area contributed by atoms with Gasteiger partial charge in [-0.15, -0.1) is 0 Å². The van der Waals surface area contributed by atoms with Crippen molar-refractivity contribution in [1.29, 1.82) is 0 Å². The van der Waals surface area contributed by atoms with Gasteiger partial charge in [-0.05, 0) is 31.5 Å². The van der Waals surface area contributed by atoms with Crippen LogP contribution in [-0.2, 0) is 18.3 Å². The maximum atomic E-state index is 11.2. The summed E-state index contributed by atoms with van der Waals surface area (Å²) < 4.78 is 2.10. The number of fused-ring (bicyclic) bond motifs is 1. The summed E-state index contributed by atoms with van der Waals surface area (Å²) in [6.07, 6.45) is 2.52. The molecule has 106 valence electrons. The van der Waals surface area contributed by atoms with E-state index < -0.39 is 5.97 Å². The lowest BCUT2D eigenvalue weighted by Crippen LogP contribution is -2.37. The van der Waals surface area contributed by atoms with Crippen LogP contribution in [0.2, 0.25) is 0 Å². The minimum Gasteiger partial charge on any atom is -0.480 e. The Balaban J connectivity index is 1.74. The van der Waals surface area contributed by atoms with Gasteiger partial charge in [0.05, 0.1) is 11.0 Å². The Labute approximate surface area is 117 Å². The van der Waals surface area contributed by atoms with E-state index in [1.165, 1.54) is 0 Å². The van der Waals surface area contributed by atoms with Gasteiger partial charge in [-0.1, -0.05) is 12.1 Å². The minimum atomic E-state index is -0.701. The number of imidazole rings is 1. The highest BCUT2D eigenvalue weighted by molar-refractivity contribution is 5.75. The second-order valence-corrected chi connectivity index (χ2v) is 5.36. The smallest absolute Gasteiger partial charge is 0.320 e. The van der Waals surface area contributed by atoms with E-state index in [1.807, 2.05) is 25.2 Å². The summed E-state index contributed by atoms with van der Waals surface area (Å²) in [7, 11) is 2.02. The lowest BCUT2D eigenvalue weighted by molar-refractivity contribution is -0.142. The number of carboxylic acid groups (broad SMARTS) is 1. The number of benzene rings is 1. The maximum Gasteiger partial charge on any atom is 0.320 e. The van der Waals surface area contributed by atoms with Gasteiger partial charge in [-0.3, -0.25) is 9.69 Å². The van der Waals surface area contributed by atoms with Gasteiger partial charge in [0.15, 0.2) is 0 Å². The van der Waals surface area contributed by atoms with Gasteiger partial charge in [0, 0.05) is 20.0 Å². The zero-order valence-electron chi connectivity index (χ0n) is 11.6. The number of para-hydroxylation sites is 2. The Bertz CT molecular complexity index is 635. The molecule has 0 spiro atoms. The largest absolute Gasteiger partial charge is 0.480 e. The van der Waals surface area contributed by atoms with Crippen LogP contribution in [0.1, 0.15) is 18.7 Å². The second-order valence-electron chi connectivity index (χ2n) is 5.36. The Hall–Kier alpha value is -1.88. The van der Waals surface area contributed by atoms with Crippen molar-refractivity contribution in [3.8, 4) is 0 Å². The molecule has 1 atom stereocenters. The van der Waals surface area contributed by atoms with Gasteiger partial charge in [0.2, 0.25) is 0 Å². The van der Waals surface area contributed by atoms with E-state index in [4.69, 9.17) is 0 Å². The predicted octanol–water partition coefficient (Wildman–Crippen LogP) is 1.66. The van der Waals surface area contributed by atoms with Crippen molar-refractivity contribution < 1.29 is 9.90 Å². The zero-order chi connectivity index (χ0) is 14.1. The van der Waals surface area contributed by atoms with Crippen molar-refractivity contribution in [2.75, 3.05) is 13.1 Å². The van der Waals surface area contributed by atoms with Gasteiger partial charge in [-0.2, -0.15) is 0 Å². The summed E-state index contributed by atoms with van der Waals surface area (Å²) in [5.41, 5.74) is 2.12. The fraction of sp³-hybridized carbons (Fsp3) is 0.467. The molecule has 1 fully saturated rings. The van der Waals surface area contributed by atoms with Gasteiger partial charge in [-0.25, -0.2) is 4.98 Å². The van der Waals surface area contributed by atoms with Crippen molar-refractivity contribution in [3.63, 3.8) is 0 Å². The standard InChI is InChI=1S/C15H19N3O2/c1-17-12-6-3-2-5-11(12)16-14(17)8-10-18-9-4-7-13(18)15(19)20/h2-3,5-6,13H,4,7-10H2,1H3,(H,19,20). The lowest BCUT2D eigenvalue weighted by Gasteiger charge is -2.20. The first-order valence-electron chi connectivity index (χ1n) is 7.04. The van der Waals surface area contributed by atoms with Crippen molar-refractivity contribution in [1.82, 2.24) is 14.5 Å². The highest BCUT2D eigenvalue weighted by Crippen LogP contribution is 2.19. The van der Waals surface area contributed by atoms with E-state index >= 15 is 0 Å². The zero-order valence-corrected chi connectivity index (χ0v) is 11.6. The molecule has 2 aromatic rings. The van der Waals surface area contributed by atoms with Crippen molar-refractivity contribution in [2.24, 2.45) is 7.05 Å². The van der Waals surface area contributed by atoms with Crippen LogP contribution in [0.3, 0.4) is 0 Å². The number of hydrogen-bond acceptors (Lipinski definition) is 3. The fourth-order valence-corrected chi connectivity index (χ4v) is 3.04. The highest BCUT2D eigenvalue weighted by atomic mass is 16.4. The van der Waals surface area contributed by atoms with Gasteiger partial charge < -0.3 is 9.67 Å². The summed E-state index contributed by atoms with van der Waals surface area (Å²) in [5, 5.41) is 9.19. The van der Waals surface area contributed by atoms with Crippen LogP contribution in [0.4, 0.5) is 0 Å².